The van der Waals surface area contributed by atoms with E-state index < -0.39 is 6.03 Å². The summed E-state index contributed by atoms with van der Waals surface area (Å²) in [5, 5.41) is 8.87. The molecule has 2 N–H and O–H groups in total. The molecule has 106 valence electrons. The van der Waals surface area contributed by atoms with E-state index in [-0.39, 0.29) is 18.0 Å². The van der Waals surface area contributed by atoms with Crippen molar-refractivity contribution >= 4 is 12.0 Å². The highest BCUT2D eigenvalue weighted by Crippen LogP contribution is 2.12. The van der Waals surface area contributed by atoms with Crippen LogP contribution in [-0.4, -0.2) is 48.6 Å². The summed E-state index contributed by atoms with van der Waals surface area (Å²) in [5.74, 6) is 0.703. The molecule has 8 nitrogen and oxygen atoms in total. The Hall–Kier alpha value is -1.67. The Labute approximate surface area is 110 Å². The van der Waals surface area contributed by atoms with Gasteiger partial charge in [-0.1, -0.05) is 19.0 Å². The number of nitrogens with one attached hydrogen (secondary N) is 2. The van der Waals surface area contributed by atoms with Gasteiger partial charge in [-0.15, -0.1) is 0 Å². The van der Waals surface area contributed by atoms with Crippen LogP contribution in [0.4, 0.5) is 10.8 Å². The highest BCUT2D eigenvalue weighted by molar-refractivity contribution is 5.86. The van der Waals surface area contributed by atoms with Gasteiger partial charge in [-0.05, 0) is 0 Å². The summed E-state index contributed by atoms with van der Waals surface area (Å²) in [4.78, 5) is 15.6. The smallest absolute Gasteiger partial charge is 0.329 e. The standard InChI is InChI=1S/C11H18N4O4/c1-7(2)9-13-11(19-15-9)14-10(16)12-5-8-6-17-3-4-18-8/h7-8H,3-6H2,1-2H3,(H2,12,13,14,15,16). The molecule has 0 bridgehead atoms. The highest BCUT2D eigenvalue weighted by Gasteiger charge is 2.16. The molecule has 0 aromatic carbocycles. The van der Waals surface area contributed by atoms with Crippen molar-refractivity contribution in [1.29, 1.82) is 0 Å². The molecule has 2 heterocycles. The van der Waals surface area contributed by atoms with Gasteiger partial charge in [0.15, 0.2) is 5.82 Å². The summed E-state index contributed by atoms with van der Waals surface area (Å²) < 4.78 is 15.5. The first-order valence-electron chi connectivity index (χ1n) is 6.23. The number of urea groups is 1. The van der Waals surface area contributed by atoms with Crippen molar-refractivity contribution in [2.24, 2.45) is 0 Å². The van der Waals surface area contributed by atoms with Crippen LogP contribution in [-0.2, 0) is 9.47 Å². The van der Waals surface area contributed by atoms with Gasteiger partial charge in [0.1, 0.15) is 0 Å². The van der Waals surface area contributed by atoms with Crippen molar-refractivity contribution in [2.75, 3.05) is 31.7 Å². The Bertz CT molecular complexity index is 415. The second-order valence-electron chi connectivity index (χ2n) is 4.52. The summed E-state index contributed by atoms with van der Waals surface area (Å²) in [6, 6.07) is -0.324. The molecule has 2 rings (SSSR count). The number of carbonyl (C=O) groups is 1. The Morgan fingerprint density at radius 2 is 2.32 bits per heavy atom. The first-order valence-corrected chi connectivity index (χ1v) is 6.23. The fourth-order valence-corrected chi connectivity index (χ4v) is 1.52. The van der Waals surface area contributed by atoms with Gasteiger partial charge in [0.25, 0.3) is 0 Å². The lowest BCUT2D eigenvalue weighted by Crippen LogP contribution is -2.41. The second kappa shape index (κ2) is 6.48. The minimum Gasteiger partial charge on any atom is -0.376 e. The summed E-state index contributed by atoms with van der Waals surface area (Å²) in [6.07, 6.45) is -0.117. The zero-order valence-electron chi connectivity index (χ0n) is 11.0. The maximum atomic E-state index is 11.6. The molecule has 2 amide bonds. The molecule has 0 aliphatic carbocycles. The van der Waals surface area contributed by atoms with Gasteiger partial charge in [0.2, 0.25) is 0 Å². The number of amides is 2. The van der Waals surface area contributed by atoms with Crippen molar-refractivity contribution in [1.82, 2.24) is 15.5 Å². The number of hydrogen-bond acceptors (Lipinski definition) is 6. The molecule has 1 aliphatic heterocycles. The van der Waals surface area contributed by atoms with Crippen molar-refractivity contribution in [2.45, 2.75) is 25.9 Å². The van der Waals surface area contributed by atoms with Gasteiger partial charge in [-0.2, -0.15) is 4.98 Å². The Morgan fingerprint density at radius 1 is 1.47 bits per heavy atom. The normalized spacial score (nSPS) is 19.4. The average Bonchev–Trinajstić information content (AvgIpc) is 2.86. The maximum Gasteiger partial charge on any atom is 0.329 e. The largest absolute Gasteiger partial charge is 0.376 e. The summed E-state index contributed by atoms with van der Waals surface area (Å²) in [7, 11) is 0. The lowest BCUT2D eigenvalue weighted by molar-refractivity contribution is -0.0852. The predicted octanol–water partition coefficient (Wildman–Crippen LogP) is 0.730. The molecule has 1 aliphatic rings. The highest BCUT2D eigenvalue weighted by atomic mass is 16.6. The maximum absolute atomic E-state index is 11.6. The van der Waals surface area contributed by atoms with E-state index in [4.69, 9.17) is 14.0 Å². The molecule has 0 spiro atoms. The molecular weight excluding hydrogens is 252 g/mol. The average molecular weight is 270 g/mol. The van der Waals surface area contributed by atoms with E-state index in [0.29, 0.717) is 32.2 Å². The minimum atomic E-state index is -0.409. The molecule has 1 fully saturated rings. The van der Waals surface area contributed by atoms with Crippen molar-refractivity contribution < 1.29 is 18.8 Å². The van der Waals surface area contributed by atoms with Crippen LogP contribution in [0.3, 0.4) is 0 Å². The fourth-order valence-electron chi connectivity index (χ4n) is 1.52. The number of nitrogens with zero attached hydrogens (tertiary/aromatic N) is 2. The van der Waals surface area contributed by atoms with Crippen molar-refractivity contribution in [3.05, 3.63) is 5.82 Å². The van der Waals surface area contributed by atoms with Crippen LogP contribution >= 0.6 is 0 Å². The van der Waals surface area contributed by atoms with Crippen LogP contribution in [0.2, 0.25) is 0 Å². The summed E-state index contributed by atoms with van der Waals surface area (Å²) in [5.41, 5.74) is 0. The van der Waals surface area contributed by atoms with E-state index in [2.05, 4.69) is 20.8 Å². The van der Waals surface area contributed by atoms with Gasteiger partial charge in [-0.3, -0.25) is 5.32 Å². The number of aromatic nitrogens is 2. The number of hydrogen-bond donors (Lipinski definition) is 2. The second-order valence-corrected chi connectivity index (χ2v) is 4.52. The Balaban J connectivity index is 1.73. The van der Waals surface area contributed by atoms with Gasteiger partial charge in [0.05, 0.1) is 25.9 Å². The third-order valence-corrected chi connectivity index (χ3v) is 2.55. The van der Waals surface area contributed by atoms with Crippen molar-refractivity contribution in [3.8, 4) is 0 Å². The number of rotatable bonds is 4. The monoisotopic (exact) mass is 270 g/mol. The lowest BCUT2D eigenvalue weighted by Gasteiger charge is -2.22. The molecule has 8 heteroatoms. The number of anilines is 1. The molecule has 1 atom stereocenters. The van der Waals surface area contributed by atoms with Crippen molar-refractivity contribution in [3.63, 3.8) is 0 Å². The van der Waals surface area contributed by atoms with E-state index in [1.807, 2.05) is 13.8 Å². The molecule has 1 unspecified atom stereocenters. The zero-order chi connectivity index (χ0) is 13.7. The molecule has 1 saturated heterocycles. The van der Waals surface area contributed by atoms with Gasteiger partial charge in [0, 0.05) is 12.5 Å². The van der Waals surface area contributed by atoms with E-state index in [1.54, 1.807) is 0 Å². The van der Waals surface area contributed by atoms with Gasteiger partial charge in [-0.25, -0.2) is 4.79 Å². The predicted molar refractivity (Wildman–Crippen MR) is 66.0 cm³/mol. The SMILES string of the molecule is CC(C)c1noc(NC(=O)NCC2COCCO2)n1. The molecule has 0 radical (unpaired) electrons. The van der Waals surface area contributed by atoms with E-state index in [9.17, 15) is 4.79 Å². The number of carbonyl (C=O) groups excluding carboxylic acids is 1. The molecular formula is C11H18N4O4. The fraction of sp³-hybridized carbons (Fsp3) is 0.727. The third kappa shape index (κ3) is 4.18. The molecule has 19 heavy (non-hydrogen) atoms. The van der Waals surface area contributed by atoms with Gasteiger partial charge < -0.3 is 19.3 Å². The molecule has 1 aromatic heterocycles. The first kappa shape index (κ1) is 13.8. The first-order chi connectivity index (χ1) is 9.15. The molecule has 0 saturated carbocycles. The Kier molecular flexibility index (Phi) is 4.69. The van der Waals surface area contributed by atoms with Crippen LogP contribution in [0.5, 0.6) is 0 Å². The summed E-state index contributed by atoms with van der Waals surface area (Å²) >= 11 is 0. The van der Waals surface area contributed by atoms with Crippen LogP contribution in [0.1, 0.15) is 25.6 Å². The summed E-state index contributed by atoms with van der Waals surface area (Å²) in [6.45, 7) is 5.89. The van der Waals surface area contributed by atoms with Crippen LogP contribution in [0.25, 0.3) is 0 Å². The third-order valence-electron chi connectivity index (χ3n) is 2.55. The minimum absolute atomic E-state index is 0.0852. The van der Waals surface area contributed by atoms with Crippen LogP contribution < -0.4 is 10.6 Å². The Morgan fingerprint density at radius 3 is 2.95 bits per heavy atom. The number of ether oxygens (including phenoxy) is 2. The van der Waals surface area contributed by atoms with Crippen LogP contribution in [0.15, 0.2) is 4.52 Å². The molecule has 1 aromatic rings. The zero-order valence-corrected chi connectivity index (χ0v) is 11.0. The van der Waals surface area contributed by atoms with Crippen LogP contribution in [0, 0.1) is 0 Å². The van der Waals surface area contributed by atoms with Gasteiger partial charge >= 0.3 is 12.0 Å². The lowest BCUT2D eigenvalue weighted by atomic mass is 10.2. The van der Waals surface area contributed by atoms with E-state index in [1.165, 1.54) is 0 Å². The topological polar surface area (TPSA) is 98.5 Å². The quantitative estimate of drug-likeness (QED) is 0.837. The van der Waals surface area contributed by atoms with E-state index >= 15 is 0 Å². The van der Waals surface area contributed by atoms with E-state index in [0.717, 1.165) is 0 Å².